The minimum Gasteiger partial charge on any atom is -0.481 e. The first-order valence-electron chi connectivity index (χ1n) is 6.29. The van der Waals surface area contributed by atoms with Crippen molar-refractivity contribution in [1.82, 2.24) is 10.3 Å². The average molecular weight is 305 g/mol. The van der Waals surface area contributed by atoms with E-state index in [4.69, 9.17) is 5.11 Å². The minimum atomic E-state index is -0.882. The third kappa shape index (κ3) is 4.88. The predicted octanol–water partition coefficient (Wildman–Crippen LogP) is 2.40. The molecule has 0 aliphatic rings. The van der Waals surface area contributed by atoms with Gasteiger partial charge in [-0.25, -0.2) is 9.78 Å². The number of thiazole rings is 1. The van der Waals surface area contributed by atoms with E-state index in [0.717, 1.165) is 10.7 Å². The predicted molar refractivity (Wildman–Crippen MR) is 80.5 cm³/mol. The highest BCUT2D eigenvalue weighted by atomic mass is 32.1. The number of rotatable bonds is 5. The zero-order valence-corrected chi connectivity index (χ0v) is 12.2. The molecule has 0 saturated carbocycles. The Kier molecular flexibility index (Phi) is 4.89. The molecule has 0 aliphatic carbocycles. The van der Waals surface area contributed by atoms with Gasteiger partial charge in [-0.1, -0.05) is 12.1 Å². The smallest absolute Gasteiger partial charge is 0.319 e. The lowest BCUT2D eigenvalue weighted by Crippen LogP contribution is -2.28. The molecule has 3 N–H and O–H groups in total. The summed E-state index contributed by atoms with van der Waals surface area (Å²) in [5.74, 6) is -0.882. The van der Waals surface area contributed by atoms with Crippen molar-refractivity contribution in [3.8, 4) is 0 Å². The molecule has 2 rings (SSSR count). The highest BCUT2D eigenvalue weighted by molar-refractivity contribution is 7.09. The highest BCUT2D eigenvalue weighted by Crippen LogP contribution is 2.10. The molecule has 0 bridgehead atoms. The number of aromatic nitrogens is 1. The maximum absolute atomic E-state index is 11.7. The Labute approximate surface area is 125 Å². The molecule has 1 heterocycles. The molecule has 0 radical (unpaired) electrons. The van der Waals surface area contributed by atoms with E-state index in [9.17, 15) is 9.59 Å². The van der Waals surface area contributed by atoms with Gasteiger partial charge in [-0.15, -0.1) is 11.3 Å². The molecule has 21 heavy (non-hydrogen) atoms. The Balaban J connectivity index is 1.83. The number of carbonyl (C=O) groups excluding carboxylic acids is 1. The Morgan fingerprint density at radius 3 is 2.57 bits per heavy atom. The van der Waals surface area contributed by atoms with E-state index in [2.05, 4.69) is 15.6 Å². The van der Waals surface area contributed by atoms with Crippen LogP contribution < -0.4 is 10.6 Å². The topological polar surface area (TPSA) is 91.3 Å². The van der Waals surface area contributed by atoms with Crippen LogP contribution in [-0.2, 0) is 17.8 Å². The summed E-state index contributed by atoms with van der Waals surface area (Å²) in [7, 11) is 0. The number of carboxylic acid groups (broad SMARTS) is 1. The van der Waals surface area contributed by atoms with Crippen molar-refractivity contribution in [3.63, 3.8) is 0 Å². The number of nitrogens with zero attached hydrogens (tertiary/aromatic N) is 1. The molecule has 6 nitrogen and oxygen atoms in total. The van der Waals surface area contributed by atoms with Gasteiger partial charge < -0.3 is 15.7 Å². The fourth-order valence-electron chi connectivity index (χ4n) is 1.72. The van der Waals surface area contributed by atoms with Gasteiger partial charge in [0.05, 0.1) is 23.7 Å². The molecule has 2 aromatic rings. The van der Waals surface area contributed by atoms with Crippen LogP contribution in [0.2, 0.25) is 0 Å². The number of amides is 2. The van der Waals surface area contributed by atoms with Gasteiger partial charge in [-0.3, -0.25) is 4.79 Å². The van der Waals surface area contributed by atoms with Crippen molar-refractivity contribution in [2.75, 3.05) is 5.32 Å². The average Bonchev–Trinajstić information content (AvgIpc) is 2.84. The van der Waals surface area contributed by atoms with E-state index < -0.39 is 5.97 Å². The number of aryl methyl sites for hydroxylation is 1. The number of urea groups is 1. The van der Waals surface area contributed by atoms with Crippen LogP contribution in [0.4, 0.5) is 10.5 Å². The summed E-state index contributed by atoms with van der Waals surface area (Å²) in [4.78, 5) is 26.5. The first-order valence-corrected chi connectivity index (χ1v) is 7.17. The Bertz CT molecular complexity index is 637. The van der Waals surface area contributed by atoms with E-state index in [1.54, 1.807) is 24.3 Å². The molecule has 0 atom stereocenters. The summed E-state index contributed by atoms with van der Waals surface area (Å²) < 4.78 is 0. The summed E-state index contributed by atoms with van der Waals surface area (Å²) in [6.07, 6.45) is -0.0321. The zero-order chi connectivity index (χ0) is 15.2. The third-order valence-corrected chi connectivity index (χ3v) is 3.49. The largest absolute Gasteiger partial charge is 0.481 e. The van der Waals surface area contributed by atoms with Crippen LogP contribution in [0.25, 0.3) is 0 Å². The lowest BCUT2D eigenvalue weighted by molar-refractivity contribution is -0.136. The number of carboxylic acids is 1. The molecule has 0 spiro atoms. The molecule has 0 unspecified atom stereocenters. The van der Waals surface area contributed by atoms with Gasteiger partial charge in [0.2, 0.25) is 0 Å². The van der Waals surface area contributed by atoms with E-state index in [1.807, 2.05) is 12.3 Å². The lowest BCUT2D eigenvalue weighted by atomic mass is 10.1. The molecule has 0 saturated heterocycles. The monoisotopic (exact) mass is 305 g/mol. The van der Waals surface area contributed by atoms with Crippen LogP contribution in [0.5, 0.6) is 0 Å². The second-order valence-corrected chi connectivity index (χ2v) is 5.50. The fourth-order valence-corrected chi connectivity index (χ4v) is 2.33. The van der Waals surface area contributed by atoms with Crippen molar-refractivity contribution < 1.29 is 14.7 Å². The van der Waals surface area contributed by atoms with Gasteiger partial charge in [0, 0.05) is 11.1 Å². The number of benzene rings is 1. The van der Waals surface area contributed by atoms with Gasteiger partial charge in [-0.05, 0) is 24.6 Å². The minimum absolute atomic E-state index is 0.0321. The number of carbonyl (C=O) groups is 2. The number of nitrogens with one attached hydrogen (secondary N) is 2. The number of hydrogen-bond donors (Lipinski definition) is 3. The molecule has 1 aromatic heterocycles. The van der Waals surface area contributed by atoms with E-state index in [-0.39, 0.29) is 12.5 Å². The maximum atomic E-state index is 11.7. The first kappa shape index (κ1) is 15.0. The standard InChI is InChI=1S/C14H15N3O3S/c1-9-16-12(8-21-9)7-15-14(20)17-11-4-2-10(3-5-11)6-13(18)19/h2-5,8H,6-7H2,1H3,(H,18,19)(H2,15,17,20). The van der Waals surface area contributed by atoms with Crippen molar-refractivity contribution in [2.45, 2.75) is 19.9 Å². The first-order chi connectivity index (χ1) is 10.0. The molecular weight excluding hydrogens is 290 g/mol. The van der Waals surface area contributed by atoms with Gasteiger partial charge in [0.1, 0.15) is 0 Å². The normalized spacial score (nSPS) is 10.1. The summed E-state index contributed by atoms with van der Waals surface area (Å²) in [5, 5.41) is 16.9. The van der Waals surface area contributed by atoms with Gasteiger partial charge in [0.15, 0.2) is 0 Å². The van der Waals surface area contributed by atoms with E-state index in [0.29, 0.717) is 17.8 Å². The van der Waals surface area contributed by atoms with Crippen LogP contribution in [0, 0.1) is 6.92 Å². The molecule has 7 heteroatoms. The Morgan fingerprint density at radius 2 is 2.00 bits per heavy atom. The second kappa shape index (κ2) is 6.85. The lowest BCUT2D eigenvalue weighted by Gasteiger charge is -2.07. The van der Waals surface area contributed by atoms with Crippen molar-refractivity contribution >= 4 is 29.0 Å². The fraction of sp³-hybridized carbons (Fsp3) is 0.214. The van der Waals surface area contributed by atoms with E-state index in [1.165, 1.54) is 11.3 Å². The summed E-state index contributed by atoms with van der Waals surface area (Å²) in [6.45, 7) is 2.28. The Morgan fingerprint density at radius 1 is 1.29 bits per heavy atom. The summed E-state index contributed by atoms with van der Waals surface area (Å²) >= 11 is 1.54. The second-order valence-electron chi connectivity index (χ2n) is 4.43. The third-order valence-electron chi connectivity index (χ3n) is 2.66. The van der Waals surface area contributed by atoms with Crippen molar-refractivity contribution in [3.05, 3.63) is 45.9 Å². The van der Waals surface area contributed by atoms with Crippen LogP contribution >= 0.6 is 11.3 Å². The molecule has 0 aliphatic heterocycles. The SMILES string of the molecule is Cc1nc(CNC(=O)Nc2ccc(CC(=O)O)cc2)cs1. The van der Waals surface area contributed by atoms with Crippen molar-refractivity contribution in [1.29, 1.82) is 0 Å². The van der Waals surface area contributed by atoms with Crippen molar-refractivity contribution in [2.24, 2.45) is 0 Å². The number of aliphatic carboxylic acids is 1. The molecule has 110 valence electrons. The summed E-state index contributed by atoms with van der Waals surface area (Å²) in [5.41, 5.74) is 2.12. The molecular formula is C14H15N3O3S. The maximum Gasteiger partial charge on any atom is 0.319 e. The van der Waals surface area contributed by atoms with Gasteiger partial charge in [-0.2, -0.15) is 0 Å². The number of hydrogen-bond acceptors (Lipinski definition) is 4. The molecule has 2 amide bonds. The van der Waals surface area contributed by atoms with Crippen LogP contribution in [0.1, 0.15) is 16.3 Å². The Hall–Kier alpha value is -2.41. The molecule has 0 fully saturated rings. The van der Waals surface area contributed by atoms with Crippen LogP contribution in [0.3, 0.4) is 0 Å². The van der Waals surface area contributed by atoms with Crippen LogP contribution in [-0.4, -0.2) is 22.1 Å². The zero-order valence-electron chi connectivity index (χ0n) is 11.4. The number of anilines is 1. The van der Waals surface area contributed by atoms with Gasteiger partial charge >= 0.3 is 12.0 Å². The van der Waals surface area contributed by atoms with Crippen LogP contribution in [0.15, 0.2) is 29.6 Å². The summed E-state index contributed by atoms with van der Waals surface area (Å²) in [6, 6.07) is 6.36. The van der Waals surface area contributed by atoms with E-state index >= 15 is 0 Å². The molecule has 1 aromatic carbocycles. The highest BCUT2D eigenvalue weighted by Gasteiger charge is 2.05. The van der Waals surface area contributed by atoms with Gasteiger partial charge in [0.25, 0.3) is 0 Å². The quantitative estimate of drug-likeness (QED) is 0.791.